The average molecular weight is 256 g/mol. The highest BCUT2D eigenvalue weighted by Crippen LogP contribution is 2.31. The van der Waals surface area contributed by atoms with Crippen molar-refractivity contribution < 1.29 is 0 Å². The van der Waals surface area contributed by atoms with Crippen molar-refractivity contribution in [1.29, 1.82) is 0 Å². The maximum atomic E-state index is 6.26. The zero-order valence-electron chi connectivity index (χ0n) is 11.5. The Labute approximate surface area is 111 Å². The third-order valence-electron chi connectivity index (χ3n) is 4.39. The van der Waals surface area contributed by atoms with Gasteiger partial charge in [-0.25, -0.2) is 0 Å². The van der Waals surface area contributed by atoms with E-state index in [9.17, 15) is 0 Å². The Hall–Kier alpha value is 0.270. The van der Waals surface area contributed by atoms with E-state index in [0.717, 1.165) is 5.92 Å². The fraction of sp³-hybridized carbons (Fsp3) is 1.00. The van der Waals surface area contributed by atoms with E-state index in [2.05, 4.69) is 30.5 Å². The predicted molar refractivity (Wildman–Crippen MR) is 77.5 cm³/mol. The molecule has 2 nitrogen and oxygen atoms in total. The molecule has 2 atom stereocenters. The van der Waals surface area contributed by atoms with Crippen molar-refractivity contribution in [2.24, 2.45) is 11.7 Å². The van der Waals surface area contributed by atoms with E-state index in [1.807, 2.05) is 0 Å². The van der Waals surface area contributed by atoms with Crippen molar-refractivity contribution in [3.63, 3.8) is 0 Å². The number of nitrogens with two attached hydrogens (primary N) is 1. The summed E-state index contributed by atoms with van der Waals surface area (Å²) < 4.78 is 0.476. The van der Waals surface area contributed by atoms with Crippen LogP contribution in [0.25, 0.3) is 0 Å². The van der Waals surface area contributed by atoms with E-state index in [0.29, 0.717) is 10.8 Å². The second-order valence-electron chi connectivity index (χ2n) is 6.37. The van der Waals surface area contributed by atoms with Gasteiger partial charge in [-0.05, 0) is 31.7 Å². The quantitative estimate of drug-likeness (QED) is 0.824. The molecule has 1 saturated carbocycles. The fourth-order valence-electron chi connectivity index (χ4n) is 3.04. The third kappa shape index (κ3) is 4.15. The highest BCUT2D eigenvalue weighted by atomic mass is 32.2. The molecule has 0 aromatic rings. The van der Waals surface area contributed by atoms with Crippen molar-refractivity contribution >= 4 is 11.8 Å². The van der Waals surface area contributed by atoms with E-state index in [1.54, 1.807) is 0 Å². The number of hydrogen-bond acceptors (Lipinski definition) is 3. The van der Waals surface area contributed by atoms with Crippen molar-refractivity contribution in [3.05, 3.63) is 0 Å². The minimum absolute atomic E-state index is 0.465. The zero-order valence-corrected chi connectivity index (χ0v) is 12.3. The minimum Gasteiger partial charge on any atom is -0.327 e. The highest BCUT2D eigenvalue weighted by molar-refractivity contribution is 8.00. The van der Waals surface area contributed by atoms with Gasteiger partial charge in [0.25, 0.3) is 0 Å². The summed E-state index contributed by atoms with van der Waals surface area (Å²) >= 11 is 2.13. The van der Waals surface area contributed by atoms with Gasteiger partial charge in [-0.15, -0.1) is 0 Å². The topological polar surface area (TPSA) is 29.3 Å². The molecule has 0 spiro atoms. The molecule has 3 heteroatoms. The lowest BCUT2D eigenvalue weighted by atomic mass is 9.84. The Kier molecular flexibility index (Phi) is 4.79. The number of thioether (sulfide) groups is 1. The van der Waals surface area contributed by atoms with Crippen LogP contribution in [0.5, 0.6) is 0 Å². The van der Waals surface area contributed by atoms with Crippen LogP contribution >= 0.6 is 11.8 Å². The summed E-state index contributed by atoms with van der Waals surface area (Å²) in [5.41, 5.74) is 6.26. The molecule has 17 heavy (non-hydrogen) atoms. The second-order valence-corrected chi connectivity index (χ2v) is 8.17. The molecule has 1 aliphatic heterocycles. The molecule has 0 aromatic carbocycles. The molecule has 2 aliphatic rings. The lowest BCUT2D eigenvalue weighted by Crippen LogP contribution is -2.42. The van der Waals surface area contributed by atoms with Crippen molar-refractivity contribution in [2.75, 3.05) is 25.4 Å². The monoisotopic (exact) mass is 256 g/mol. The van der Waals surface area contributed by atoms with Crippen LogP contribution < -0.4 is 5.73 Å². The number of nitrogens with zero attached hydrogens (tertiary/aromatic N) is 1. The molecule has 1 heterocycles. The summed E-state index contributed by atoms with van der Waals surface area (Å²) in [5.74, 6) is 2.05. The Bertz CT molecular complexity index is 242. The van der Waals surface area contributed by atoms with Crippen LogP contribution in [0.1, 0.15) is 46.0 Å². The molecule has 100 valence electrons. The van der Waals surface area contributed by atoms with Gasteiger partial charge in [-0.1, -0.05) is 26.7 Å². The summed E-state index contributed by atoms with van der Waals surface area (Å²) in [4.78, 5) is 2.66. The van der Waals surface area contributed by atoms with E-state index in [4.69, 9.17) is 5.73 Å². The lowest BCUT2D eigenvalue weighted by molar-refractivity contribution is 0.189. The van der Waals surface area contributed by atoms with Crippen molar-refractivity contribution in [3.8, 4) is 0 Å². The number of hydrogen-bond donors (Lipinski definition) is 1. The average Bonchev–Trinajstić information content (AvgIpc) is 2.44. The lowest BCUT2D eigenvalue weighted by Gasteiger charge is -2.33. The van der Waals surface area contributed by atoms with Gasteiger partial charge in [0, 0.05) is 29.6 Å². The molecule has 2 unspecified atom stereocenters. The summed E-state index contributed by atoms with van der Waals surface area (Å²) in [6, 6.07) is 0.465. The molecular formula is C14H28N2S. The predicted octanol–water partition coefficient (Wildman–Crippen LogP) is 2.72. The van der Waals surface area contributed by atoms with Crippen LogP contribution in [0.15, 0.2) is 0 Å². The van der Waals surface area contributed by atoms with E-state index in [-0.39, 0.29) is 0 Å². The third-order valence-corrected chi connectivity index (χ3v) is 5.76. The Morgan fingerprint density at radius 1 is 1.24 bits per heavy atom. The molecule has 2 rings (SSSR count). The first-order valence-corrected chi connectivity index (χ1v) is 8.17. The van der Waals surface area contributed by atoms with Gasteiger partial charge in [0.05, 0.1) is 0 Å². The van der Waals surface area contributed by atoms with Gasteiger partial charge < -0.3 is 10.6 Å². The van der Waals surface area contributed by atoms with Gasteiger partial charge in [-0.2, -0.15) is 11.8 Å². The summed E-state index contributed by atoms with van der Waals surface area (Å²) in [5, 5.41) is 0. The largest absolute Gasteiger partial charge is 0.327 e. The Morgan fingerprint density at radius 2 is 2.00 bits per heavy atom. The maximum Gasteiger partial charge on any atom is 0.0116 e. The van der Waals surface area contributed by atoms with Gasteiger partial charge in [0.2, 0.25) is 0 Å². The van der Waals surface area contributed by atoms with Crippen LogP contribution in [0.3, 0.4) is 0 Å². The summed E-state index contributed by atoms with van der Waals surface area (Å²) in [6.07, 6.45) is 6.67. The molecule has 1 aliphatic carbocycles. The molecule has 0 amide bonds. The van der Waals surface area contributed by atoms with Crippen LogP contribution in [0.4, 0.5) is 0 Å². The Balaban J connectivity index is 1.82. The first-order chi connectivity index (χ1) is 8.07. The summed E-state index contributed by atoms with van der Waals surface area (Å²) in [7, 11) is 0. The van der Waals surface area contributed by atoms with Gasteiger partial charge in [-0.3, -0.25) is 0 Å². The van der Waals surface area contributed by atoms with E-state index >= 15 is 0 Å². The van der Waals surface area contributed by atoms with Gasteiger partial charge in [0.15, 0.2) is 0 Å². The number of rotatable bonds is 2. The standard InChI is InChI=1S/C14H28N2S/c1-14(2)7-8-16(9-10-17-14)11-12-5-3-4-6-13(12)15/h12-13H,3-11,15H2,1-2H3. The van der Waals surface area contributed by atoms with Crippen LogP contribution in [0.2, 0.25) is 0 Å². The normalized spacial score (nSPS) is 35.5. The zero-order chi connectivity index (χ0) is 12.3. The first-order valence-electron chi connectivity index (χ1n) is 7.19. The Morgan fingerprint density at radius 3 is 2.76 bits per heavy atom. The maximum absolute atomic E-state index is 6.26. The first kappa shape index (κ1) is 13.7. The molecular weight excluding hydrogens is 228 g/mol. The van der Waals surface area contributed by atoms with Crippen LogP contribution in [0, 0.1) is 5.92 Å². The molecule has 2 N–H and O–H groups in total. The summed E-state index contributed by atoms with van der Waals surface area (Å²) in [6.45, 7) is 8.54. The van der Waals surface area contributed by atoms with Gasteiger partial charge in [0.1, 0.15) is 0 Å². The highest BCUT2D eigenvalue weighted by Gasteiger charge is 2.27. The van der Waals surface area contributed by atoms with Crippen molar-refractivity contribution in [2.45, 2.75) is 56.7 Å². The van der Waals surface area contributed by atoms with E-state index in [1.165, 1.54) is 57.5 Å². The minimum atomic E-state index is 0.465. The van der Waals surface area contributed by atoms with Gasteiger partial charge >= 0.3 is 0 Å². The molecule has 0 aromatic heterocycles. The second kappa shape index (κ2) is 5.94. The van der Waals surface area contributed by atoms with Crippen LogP contribution in [-0.4, -0.2) is 41.1 Å². The van der Waals surface area contributed by atoms with Crippen LogP contribution in [-0.2, 0) is 0 Å². The molecule has 0 radical (unpaired) electrons. The SMILES string of the molecule is CC1(C)CCN(CC2CCCCC2N)CCS1. The van der Waals surface area contributed by atoms with Crippen molar-refractivity contribution in [1.82, 2.24) is 4.90 Å². The molecule has 2 fully saturated rings. The fourth-order valence-corrected chi connectivity index (χ4v) is 4.18. The molecule has 0 bridgehead atoms. The molecule has 1 saturated heterocycles. The van der Waals surface area contributed by atoms with E-state index < -0.39 is 0 Å². The smallest absolute Gasteiger partial charge is 0.0116 e.